The van der Waals surface area contributed by atoms with Crippen molar-refractivity contribution in [1.29, 1.82) is 0 Å². The van der Waals surface area contributed by atoms with Gasteiger partial charge in [0.15, 0.2) is 11.5 Å². The molecular formula is C30H29NO7. The molecule has 4 aromatic carbocycles. The fraction of sp³-hybridized carbons (Fsp3) is 0.200. The number of anilines is 1. The minimum atomic E-state index is -0.627. The number of fused-ring (bicyclic) bond motifs is 1. The van der Waals surface area contributed by atoms with Crippen molar-refractivity contribution < 1.29 is 33.3 Å². The smallest absolute Gasteiger partial charge is 0.340 e. The number of carbonyl (C=O) groups excluding carboxylic acids is 2. The molecule has 1 N–H and O–H groups in total. The highest BCUT2D eigenvalue weighted by Crippen LogP contribution is 2.34. The maximum absolute atomic E-state index is 13.3. The van der Waals surface area contributed by atoms with E-state index in [1.54, 1.807) is 18.2 Å². The Morgan fingerprint density at radius 3 is 2.21 bits per heavy atom. The molecule has 4 aromatic rings. The molecule has 0 bridgehead atoms. The van der Waals surface area contributed by atoms with E-state index >= 15 is 0 Å². The fourth-order valence-corrected chi connectivity index (χ4v) is 4.00. The predicted octanol–water partition coefficient (Wildman–Crippen LogP) is 5.87. The lowest BCUT2D eigenvalue weighted by molar-refractivity contribution is 0.0601. The lowest BCUT2D eigenvalue weighted by Gasteiger charge is -2.16. The van der Waals surface area contributed by atoms with Crippen LogP contribution in [-0.2, 0) is 11.3 Å². The normalized spacial score (nSPS) is 10.5. The topological polar surface area (TPSA) is 92.3 Å². The minimum Gasteiger partial charge on any atom is -0.493 e. The molecule has 0 spiro atoms. The van der Waals surface area contributed by atoms with Crippen LogP contribution in [-0.4, -0.2) is 39.8 Å². The summed E-state index contributed by atoms with van der Waals surface area (Å²) < 4.78 is 27.3. The number of amides is 1. The Balaban J connectivity index is 1.60. The summed E-state index contributed by atoms with van der Waals surface area (Å²) >= 11 is 0. The van der Waals surface area contributed by atoms with E-state index in [1.807, 2.05) is 49.4 Å². The van der Waals surface area contributed by atoms with Crippen LogP contribution < -0.4 is 24.3 Å². The van der Waals surface area contributed by atoms with Gasteiger partial charge in [-0.3, -0.25) is 4.79 Å². The Bertz CT molecular complexity index is 1460. The molecule has 0 radical (unpaired) electrons. The van der Waals surface area contributed by atoms with Crippen LogP contribution in [0, 0.1) is 0 Å². The molecule has 4 rings (SSSR count). The number of nitrogens with one attached hydrogen (secondary N) is 1. The van der Waals surface area contributed by atoms with Crippen molar-refractivity contribution in [2.75, 3.05) is 33.3 Å². The molecule has 0 aliphatic rings. The SMILES string of the molecule is CCOc1ccc(C(=O)Nc2cc(OC)c(OC)cc2C(=O)OC)cc1COc1ccc2ccccc2c1. The molecule has 0 fully saturated rings. The molecule has 0 aliphatic heterocycles. The molecule has 38 heavy (non-hydrogen) atoms. The van der Waals surface area contributed by atoms with Gasteiger partial charge in [0, 0.05) is 23.3 Å². The summed E-state index contributed by atoms with van der Waals surface area (Å²) in [5.74, 6) is 0.946. The monoisotopic (exact) mass is 515 g/mol. The third-order valence-corrected chi connectivity index (χ3v) is 5.92. The first-order chi connectivity index (χ1) is 18.5. The zero-order valence-corrected chi connectivity index (χ0v) is 21.7. The van der Waals surface area contributed by atoms with E-state index in [2.05, 4.69) is 5.32 Å². The molecule has 0 aromatic heterocycles. The summed E-state index contributed by atoms with van der Waals surface area (Å²) in [6.07, 6.45) is 0. The molecule has 0 atom stereocenters. The molecule has 0 aliphatic carbocycles. The van der Waals surface area contributed by atoms with E-state index in [4.69, 9.17) is 23.7 Å². The summed E-state index contributed by atoms with van der Waals surface area (Å²) in [5.41, 5.74) is 1.41. The highest BCUT2D eigenvalue weighted by molar-refractivity contribution is 6.08. The van der Waals surface area contributed by atoms with Crippen molar-refractivity contribution in [3.8, 4) is 23.0 Å². The zero-order chi connectivity index (χ0) is 27.1. The first-order valence-electron chi connectivity index (χ1n) is 12.0. The van der Waals surface area contributed by atoms with Gasteiger partial charge in [-0.05, 0) is 48.0 Å². The van der Waals surface area contributed by atoms with Crippen LogP contribution in [0.15, 0.2) is 72.8 Å². The van der Waals surface area contributed by atoms with Crippen LogP contribution in [0.4, 0.5) is 5.69 Å². The lowest BCUT2D eigenvalue weighted by atomic mass is 10.1. The molecule has 1 amide bonds. The number of carbonyl (C=O) groups is 2. The Labute approximate surface area is 221 Å². The summed E-state index contributed by atoms with van der Waals surface area (Å²) in [6.45, 7) is 2.54. The third kappa shape index (κ3) is 5.81. The lowest BCUT2D eigenvalue weighted by Crippen LogP contribution is -2.16. The minimum absolute atomic E-state index is 0.129. The van der Waals surface area contributed by atoms with Crippen LogP contribution in [0.2, 0.25) is 0 Å². The average molecular weight is 516 g/mol. The highest BCUT2D eigenvalue weighted by Gasteiger charge is 2.20. The second-order valence-corrected chi connectivity index (χ2v) is 8.25. The van der Waals surface area contributed by atoms with Gasteiger partial charge in [0.05, 0.1) is 39.2 Å². The number of ether oxygens (including phenoxy) is 5. The Morgan fingerprint density at radius 2 is 1.50 bits per heavy atom. The molecule has 0 unspecified atom stereocenters. The van der Waals surface area contributed by atoms with Gasteiger partial charge in [-0.2, -0.15) is 0 Å². The van der Waals surface area contributed by atoms with Gasteiger partial charge in [0.1, 0.15) is 18.1 Å². The number of methoxy groups -OCH3 is 3. The van der Waals surface area contributed by atoms with E-state index in [-0.39, 0.29) is 17.9 Å². The first kappa shape index (κ1) is 26.3. The molecule has 196 valence electrons. The van der Waals surface area contributed by atoms with Crippen molar-refractivity contribution >= 4 is 28.3 Å². The average Bonchev–Trinajstić information content (AvgIpc) is 2.95. The van der Waals surface area contributed by atoms with Gasteiger partial charge in [-0.25, -0.2) is 4.79 Å². The second kappa shape index (κ2) is 12.0. The van der Waals surface area contributed by atoms with Crippen LogP contribution in [0.1, 0.15) is 33.2 Å². The van der Waals surface area contributed by atoms with Crippen LogP contribution in [0.5, 0.6) is 23.0 Å². The highest BCUT2D eigenvalue weighted by atomic mass is 16.5. The maximum Gasteiger partial charge on any atom is 0.340 e. The Kier molecular flexibility index (Phi) is 8.33. The van der Waals surface area contributed by atoms with E-state index in [0.717, 1.165) is 10.8 Å². The summed E-state index contributed by atoms with van der Waals surface area (Å²) in [5, 5.41) is 4.97. The van der Waals surface area contributed by atoms with E-state index in [9.17, 15) is 9.59 Å². The van der Waals surface area contributed by atoms with Gasteiger partial charge in [0.2, 0.25) is 0 Å². The van der Waals surface area contributed by atoms with E-state index < -0.39 is 11.9 Å². The molecule has 8 heteroatoms. The van der Waals surface area contributed by atoms with Crippen molar-refractivity contribution in [3.05, 3.63) is 89.5 Å². The molecule has 8 nitrogen and oxygen atoms in total. The van der Waals surface area contributed by atoms with Crippen molar-refractivity contribution in [2.24, 2.45) is 0 Å². The molecular weight excluding hydrogens is 486 g/mol. The van der Waals surface area contributed by atoms with Gasteiger partial charge in [0.25, 0.3) is 5.91 Å². The number of hydrogen-bond donors (Lipinski definition) is 1. The summed E-state index contributed by atoms with van der Waals surface area (Å²) in [6, 6.07) is 22.0. The molecule has 0 saturated carbocycles. The second-order valence-electron chi connectivity index (χ2n) is 8.25. The Hall–Kier alpha value is -4.72. The first-order valence-corrected chi connectivity index (χ1v) is 12.0. The number of hydrogen-bond acceptors (Lipinski definition) is 7. The van der Waals surface area contributed by atoms with Gasteiger partial charge in [-0.15, -0.1) is 0 Å². The number of rotatable bonds is 10. The van der Waals surface area contributed by atoms with Crippen LogP contribution in [0.3, 0.4) is 0 Å². The van der Waals surface area contributed by atoms with Gasteiger partial charge >= 0.3 is 5.97 Å². The van der Waals surface area contributed by atoms with Gasteiger partial charge in [-0.1, -0.05) is 30.3 Å². The predicted molar refractivity (Wildman–Crippen MR) is 145 cm³/mol. The number of benzene rings is 4. The van der Waals surface area contributed by atoms with Crippen LogP contribution >= 0.6 is 0 Å². The van der Waals surface area contributed by atoms with Crippen molar-refractivity contribution in [3.63, 3.8) is 0 Å². The maximum atomic E-state index is 13.3. The Morgan fingerprint density at radius 1 is 0.763 bits per heavy atom. The molecule has 0 heterocycles. The van der Waals surface area contributed by atoms with Crippen molar-refractivity contribution in [1.82, 2.24) is 0 Å². The van der Waals surface area contributed by atoms with E-state index in [0.29, 0.717) is 40.7 Å². The van der Waals surface area contributed by atoms with E-state index in [1.165, 1.54) is 33.5 Å². The quantitative estimate of drug-likeness (QED) is 0.264. The zero-order valence-electron chi connectivity index (χ0n) is 21.7. The number of esters is 1. The van der Waals surface area contributed by atoms with Gasteiger partial charge < -0.3 is 29.0 Å². The standard InChI is InChI=1S/C30H29NO7/c1-5-37-26-13-11-21(14-22(26)18-38-23-12-10-19-8-6-7-9-20(19)15-23)29(32)31-25-17-28(35-3)27(34-2)16-24(25)30(33)36-4/h6-17H,5,18H2,1-4H3,(H,31,32). The fourth-order valence-electron chi connectivity index (χ4n) is 4.00. The van der Waals surface area contributed by atoms with Crippen LogP contribution in [0.25, 0.3) is 10.8 Å². The third-order valence-electron chi connectivity index (χ3n) is 5.92. The van der Waals surface area contributed by atoms with Crippen molar-refractivity contribution in [2.45, 2.75) is 13.5 Å². The summed E-state index contributed by atoms with van der Waals surface area (Å²) in [7, 11) is 4.19. The molecule has 0 saturated heterocycles. The summed E-state index contributed by atoms with van der Waals surface area (Å²) in [4.78, 5) is 25.6. The largest absolute Gasteiger partial charge is 0.493 e.